The summed E-state index contributed by atoms with van der Waals surface area (Å²) in [4.78, 5) is 2.42. The molecular formula is C28H30Cl3NO2. The first-order valence-electron chi connectivity index (χ1n) is 11.7. The summed E-state index contributed by atoms with van der Waals surface area (Å²) >= 11 is 18.6. The number of fused-ring (bicyclic) bond motifs is 1. The summed E-state index contributed by atoms with van der Waals surface area (Å²) in [6.07, 6.45) is 5.52. The fourth-order valence-electron chi connectivity index (χ4n) is 4.81. The largest absolute Gasteiger partial charge is 0.495 e. The van der Waals surface area contributed by atoms with Crippen molar-refractivity contribution in [2.45, 2.75) is 44.8 Å². The van der Waals surface area contributed by atoms with Crippen molar-refractivity contribution in [2.24, 2.45) is 0 Å². The molecule has 0 aliphatic carbocycles. The van der Waals surface area contributed by atoms with Crippen molar-refractivity contribution in [3.63, 3.8) is 0 Å². The van der Waals surface area contributed by atoms with Gasteiger partial charge in [-0.15, -0.1) is 0 Å². The molecule has 0 saturated carbocycles. The normalized spacial score (nSPS) is 16.5. The molecule has 4 rings (SSSR count). The summed E-state index contributed by atoms with van der Waals surface area (Å²) in [7, 11) is 1.61. The molecule has 1 heterocycles. The standard InChI is InChI=1S/C28H30Cl3NO2/c1-3-25(28(33)21-7-9-22-20(17-21)8-11-26(34-2)27(22)31)32-14-12-18(13-15-32)4-5-19-6-10-23(29)24(30)16-19/h4,6-11,16-17,25,28,33H,3,5,12-15H2,1-2H3/t25-,28+/m0/s1. The molecule has 0 spiro atoms. The van der Waals surface area contributed by atoms with E-state index in [1.54, 1.807) is 7.11 Å². The molecule has 0 amide bonds. The monoisotopic (exact) mass is 517 g/mol. The van der Waals surface area contributed by atoms with E-state index in [0.29, 0.717) is 20.8 Å². The van der Waals surface area contributed by atoms with Crippen LogP contribution in [0.3, 0.4) is 0 Å². The van der Waals surface area contributed by atoms with Crippen LogP contribution in [0.5, 0.6) is 5.75 Å². The lowest BCUT2D eigenvalue weighted by molar-refractivity contribution is 0.0411. The highest BCUT2D eigenvalue weighted by Crippen LogP contribution is 2.35. The molecule has 34 heavy (non-hydrogen) atoms. The Morgan fingerprint density at radius 2 is 1.76 bits per heavy atom. The SMILES string of the molecule is CC[C@@H]([C@H](O)c1ccc2c(Cl)c(OC)ccc2c1)N1CCC(=CCc2ccc(Cl)c(Cl)c2)CC1. The van der Waals surface area contributed by atoms with Gasteiger partial charge >= 0.3 is 0 Å². The number of ether oxygens (including phenoxy) is 1. The molecule has 1 saturated heterocycles. The van der Waals surface area contributed by atoms with Gasteiger partial charge in [-0.25, -0.2) is 0 Å². The molecule has 6 heteroatoms. The number of methoxy groups -OCH3 is 1. The average molecular weight is 519 g/mol. The van der Waals surface area contributed by atoms with Crippen LogP contribution in [0.1, 0.15) is 43.4 Å². The number of hydrogen-bond acceptors (Lipinski definition) is 3. The Labute approximate surface area is 216 Å². The number of likely N-dealkylation sites (tertiary alicyclic amines) is 1. The highest BCUT2D eigenvalue weighted by atomic mass is 35.5. The third-order valence-corrected chi connectivity index (χ3v) is 7.94. The van der Waals surface area contributed by atoms with Gasteiger partial charge in [-0.05, 0) is 66.5 Å². The summed E-state index contributed by atoms with van der Waals surface area (Å²) in [6, 6.07) is 15.7. The van der Waals surface area contributed by atoms with Crippen molar-refractivity contribution in [3.8, 4) is 5.75 Å². The van der Waals surface area contributed by atoms with E-state index in [1.807, 2.05) is 48.5 Å². The fraction of sp³-hybridized carbons (Fsp3) is 0.357. The van der Waals surface area contributed by atoms with E-state index in [4.69, 9.17) is 39.5 Å². The van der Waals surface area contributed by atoms with E-state index in [2.05, 4.69) is 17.9 Å². The van der Waals surface area contributed by atoms with Crippen molar-refractivity contribution < 1.29 is 9.84 Å². The number of hydrogen-bond donors (Lipinski definition) is 1. The second kappa shape index (κ2) is 11.3. The van der Waals surface area contributed by atoms with Crippen LogP contribution in [-0.4, -0.2) is 36.2 Å². The molecule has 0 aromatic heterocycles. The van der Waals surface area contributed by atoms with E-state index in [0.717, 1.165) is 55.1 Å². The molecule has 1 fully saturated rings. The zero-order chi connectivity index (χ0) is 24.2. The maximum absolute atomic E-state index is 11.3. The van der Waals surface area contributed by atoms with Gasteiger partial charge in [-0.2, -0.15) is 0 Å². The summed E-state index contributed by atoms with van der Waals surface area (Å²) in [5.41, 5.74) is 3.54. The van der Waals surface area contributed by atoms with Gasteiger partial charge in [0.1, 0.15) is 5.75 Å². The van der Waals surface area contributed by atoms with Crippen LogP contribution in [-0.2, 0) is 6.42 Å². The van der Waals surface area contributed by atoms with Crippen LogP contribution in [0, 0.1) is 0 Å². The van der Waals surface area contributed by atoms with Crippen molar-refractivity contribution in [3.05, 3.63) is 86.4 Å². The predicted molar refractivity (Wildman–Crippen MR) is 144 cm³/mol. The van der Waals surface area contributed by atoms with E-state index in [-0.39, 0.29) is 6.04 Å². The molecule has 1 aliphatic rings. The molecule has 180 valence electrons. The van der Waals surface area contributed by atoms with Gasteiger partial charge < -0.3 is 9.84 Å². The first kappa shape index (κ1) is 25.3. The average Bonchev–Trinajstić information content (AvgIpc) is 2.86. The first-order chi connectivity index (χ1) is 16.4. The molecule has 0 bridgehead atoms. The Kier molecular flexibility index (Phi) is 8.44. The van der Waals surface area contributed by atoms with Crippen LogP contribution in [0.15, 0.2) is 60.2 Å². The van der Waals surface area contributed by atoms with Gasteiger partial charge in [0, 0.05) is 24.5 Å². The van der Waals surface area contributed by atoms with Crippen molar-refractivity contribution >= 4 is 45.6 Å². The van der Waals surface area contributed by atoms with E-state index >= 15 is 0 Å². The topological polar surface area (TPSA) is 32.7 Å². The summed E-state index contributed by atoms with van der Waals surface area (Å²) < 4.78 is 5.32. The van der Waals surface area contributed by atoms with Crippen LogP contribution in [0.2, 0.25) is 15.1 Å². The van der Waals surface area contributed by atoms with Crippen LogP contribution >= 0.6 is 34.8 Å². The Morgan fingerprint density at radius 3 is 2.44 bits per heavy atom. The maximum atomic E-state index is 11.3. The molecule has 0 unspecified atom stereocenters. The molecule has 3 aromatic carbocycles. The lowest BCUT2D eigenvalue weighted by Gasteiger charge is -2.38. The molecule has 3 aromatic rings. The molecule has 3 nitrogen and oxygen atoms in total. The third-order valence-electron chi connectivity index (χ3n) is 6.81. The number of rotatable bonds is 7. The maximum Gasteiger partial charge on any atom is 0.138 e. The molecular weight excluding hydrogens is 489 g/mol. The van der Waals surface area contributed by atoms with E-state index < -0.39 is 6.10 Å². The summed E-state index contributed by atoms with van der Waals surface area (Å²) in [6.45, 7) is 4.03. The van der Waals surface area contributed by atoms with Gasteiger partial charge in [0.05, 0.1) is 28.3 Å². The second-order valence-corrected chi connectivity index (χ2v) is 10.0. The smallest absolute Gasteiger partial charge is 0.138 e. The Hall–Kier alpha value is -1.75. The minimum atomic E-state index is -0.558. The lowest BCUT2D eigenvalue weighted by Crippen LogP contribution is -2.43. The predicted octanol–water partition coefficient (Wildman–Crippen LogP) is 7.89. The highest BCUT2D eigenvalue weighted by Gasteiger charge is 2.28. The Balaban J connectivity index is 1.42. The van der Waals surface area contributed by atoms with Crippen molar-refractivity contribution in [1.82, 2.24) is 4.90 Å². The van der Waals surface area contributed by atoms with E-state index in [9.17, 15) is 5.11 Å². The first-order valence-corrected chi connectivity index (χ1v) is 12.8. The van der Waals surface area contributed by atoms with Crippen LogP contribution < -0.4 is 4.74 Å². The van der Waals surface area contributed by atoms with Gasteiger partial charge in [-0.1, -0.05) is 77.6 Å². The van der Waals surface area contributed by atoms with Gasteiger partial charge in [-0.3, -0.25) is 4.90 Å². The van der Waals surface area contributed by atoms with Gasteiger partial charge in [0.2, 0.25) is 0 Å². The number of aliphatic hydroxyl groups is 1. The van der Waals surface area contributed by atoms with Crippen molar-refractivity contribution in [2.75, 3.05) is 20.2 Å². The summed E-state index contributed by atoms with van der Waals surface area (Å²) in [5.74, 6) is 0.658. The zero-order valence-corrected chi connectivity index (χ0v) is 21.8. The highest BCUT2D eigenvalue weighted by molar-refractivity contribution is 6.42. The lowest BCUT2D eigenvalue weighted by atomic mass is 9.93. The molecule has 1 N–H and O–H groups in total. The number of nitrogens with zero attached hydrogens (tertiary/aromatic N) is 1. The minimum Gasteiger partial charge on any atom is -0.495 e. The van der Waals surface area contributed by atoms with Crippen LogP contribution in [0.4, 0.5) is 0 Å². The second-order valence-electron chi connectivity index (χ2n) is 8.83. The zero-order valence-electron chi connectivity index (χ0n) is 19.5. The number of aliphatic hydroxyl groups excluding tert-OH is 1. The molecule has 0 radical (unpaired) electrons. The summed E-state index contributed by atoms with van der Waals surface area (Å²) in [5, 5.41) is 15.0. The van der Waals surface area contributed by atoms with Gasteiger partial charge in [0.25, 0.3) is 0 Å². The Morgan fingerprint density at radius 1 is 1.00 bits per heavy atom. The van der Waals surface area contributed by atoms with E-state index in [1.165, 1.54) is 11.1 Å². The fourth-order valence-corrected chi connectivity index (χ4v) is 5.44. The third kappa shape index (κ3) is 5.56. The van der Waals surface area contributed by atoms with Crippen molar-refractivity contribution in [1.29, 1.82) is 0 Å². The number of allylic oxidation sites excluding steroid dienone is 1. The quantitative estimate of drug-likeness (QED) is 0.323. The number of halogens is 3. The number of benzene rings is 3. The Bertz CT molecular complexity index is 1180. The van der Waals surface area contributed by atoms with Gasteiger partial charge in [0.15, 0.2) is 0 Å². The minimum absolute atomic E-state index is 0.0720. The van der Waals surface area contributed by atoms with Crippen LogP contribution in [0.25, 0.3) is 10.8 Å². The number of piperidine rings is 1. The molecule has 1 aliphatic heterocycles. The molecule has 2 atom stereocenters.